The Morgan fingerprint density at radius 1 is 1.00 bits per heavy atom. The van der Waals surface area contributed by atoms with Gasteiger partial charge in [0.05, 0.1) is 0 Å². The van der Waals surface area contributed by atoms with Crippen molar-refractivity contribution in [2.24, 2.45) is 0 Å². The van der Waals surface area contributed by atoms with Crippen molar-refractivity contribution in [1.82, 2.24) is 10.6 Å². The van der Waals surface area contributed by atoms with Crippen LogP contribution in [0.4, 0.5) is 4.79 Å². The second-order valence-electron chi connectivity index (χ2n) is 8.51. The molecule has 4 N–H and O–H groups in total. The van der Waals surface area contributed by atoms with Gasteiger partial charge in [-0.3, -0.25) is 4.79 Å². The molecule has 182 valence electrons. The van der Waals surface area contributed by atoms with Gasteiger partial charge in [-0.2, -0.15) is 0 Å². The molecule has 8 nitrogen and oxygen atoms in total. The van der Waals surface area contributed by atoms with Gasteiger partial charge in [-0.05, 0) is 28.7 Å². The van der Waals surface area contributed by atoms with Crippen LogP contribution in [0.2, 0.25) is 0 Å². The molecule has 0 saturated heterocycles. The summed E-state index contributed by atoms with van der Waals surface area (Å²) in [6.45, 7) is 2.26. The molecule has 0 radical (unpaired) electrons. The number of rotatable bonds is 12. The lowest BCUT2D eigenvalue weighted by molar-refractivity contribution is -0.147. The fourth-order valence-corrected chi connectivity index (χ4v) is 4.25. The number of alkyl carbamates (subject to hydrolysis) is 1. The maximum absolute atomic E-state index is 12.6. The minimum atomic E-state index is -1.52. The molecule has 2 aromatic rings. The van der Waals surface area contributed by atoms with Gasteiger partial charge in [0.2, 0.25) is 5.91 Å². The van der Waals surface area contributed by atoms with E-state index in [1.807, 2.05) is 31.2 Å². The predicted octanol–water partition coefficient (Wildman–Crippen LogP) is 3.43. The van der Waals surface area contributed by atoms with E-state index in [2.05, 4.69) is 34.9 Å². The summed E-state index contributed by atoms with van der Waals surface area (Å²) in [7, 11) is 0. The Bertz CT molecular complexity index is 963. The highest BCUT2D eigenvalue weighted by atomic mass is 16.5. The minimum absolute atomic E-state index is 0.0394. The van der Waals surface area contributed by atoms with Gasteiger partial charge in [-0.15, -0.1) is 0 Å². The Morgan fingerprint density at radius 2 is 1.62 bits per heavy atom. The fraction of sp³-hybridized carbons (Fsp3) is 0.423. The highest BCUT2D eigenvalue weighted by Gasteiger charge is 2.29. The summed E-state index contributed by atoms with van der Waals surface area (Å²) in [6.07, 6.45) is 0.237. The van der Waals surface area contributed by atoms with Crippen LogP contribution in [-0.2, 0) is 14.3 Å². The summed E-state index contributed by atoms with van der Waals surface area (Å²) >= 11 is 0. The molecule has 2 atom stereocenters. The molecular weight excluding hydrogens is 436 g/mol. The second kappa shape index (κ2) is 12.2. The lowest BCUT2D eigenvalue weighted by Gasteiger charge is -2.20. The molecule has 0 bridgehead atoms. The van der Waals surface area contributed by atoms with E-state index < -0.39 is 24.2 Å². The summed E-state index contributed by atoms with van der Waals surface area (Å²) in [5.74, 6) is -1.69. The third-order valence-electron chi connectivity index (χ3n) is 6.03. The van der Waals surface area contributed by atoms with Gasteiger partial charge in [-0.25, -0.2) is 9.59 Å². The standard InChI is InChI=1S/C26H32N2O6/c1-2-3-8-17(15-24(30)27-14-13-23(29)25(31)32)28-26(33)34-16-22-20-11-6-4-9-18(20)19-10-5-7-12-21(19)22/h4-7,9-12,17,22-23,29H,2-3,8,13-16H2,1H3,(H,27,30)(H,28,33)(H,31,32)/t17-,23?/m1/s1. The lowest BCUT2D eigenvalue weighted by Crippen LogP contribution is -2.40. The summed E-state index contributed by atoms with van der Waals surface area (Å²) < 4.78 is 5.59. The Balaban J connectivity index is 1.54. The fourth-order valence-electron chi connectivity index (χ4n) is 4.25. The van der Waals surface area contributed by atoms with E-state index in [0.29, 0.717) is 6.42 Å². The third kappa shape index (κ3) is 6.57. The number of unbranched alkanes of at least 4 members (excludes halogenated alkanes) is 1. The quantitative estimate of drug-likeness (QED) is 0.378. The molecule has 0 spiro atoms. The first kappa shape index (κ1) is 25.2. The predicted molar refractivity (Wildman–Crippen MR) is 127 cm³/mol. The zero-order valence-electron chi connectivity index (χ0n) is 19.3. The Morgan fingerprint density at radius 3 is 2.21 bits per heavy atom. The van der Waals surface area contributed by atoms with Gasteiger partial charge >= 0.3 is 12.1 Å². The second-order valence-corrected chi connectivity index (χ2v) is 8.51. The normalized spacial score (nSPS) is 13.9. The number of carbonyl (C=O) groups is 3. The first-order chi connectivity index (χ1) is 16.4. The Hall–Kier alpha value is -3.39. The summed E-state index contributed by atoms with van der Waals surface area (Å²) in [6, 6.07) is 15.8. The van der Waals surface area contributed by atoms with E-state index in [4.69, 9.17) is 9.84 Å². The van der Waals surface area contributed by atoms with E-state index in [1.54, 1.807) is 0 Å². The van der Waals surface area contributed by atoms with Crippen LogP contribution in [0, 0.1) is 0 Å². The van der Waals surface area contributed by atoms with Crippen molar-refractivity contribution < 1.29 is 29.3 Å². The van der Waals surface area contributed by atoms with Crippen LogP contribution in [0.5, 0.6) is 0 Å². The number of hydrogen-bond donors (Lipinski definition) is 4. The molecule has 3 rings (SSSR count). The van der Waals surface area contributed by atoms with Gasteiger partial charge in [0, 0.05) is 31.3 Å². The van der Waals surface area contributed by atoms with E-state index in [0.717, 1.165) is 35.1 Å². The zero-order chi connectivity index (χ0) is 24.5. The highest BCUT2D eigenvalue weighted by molar-refractivity contribution is 5.79. The van der Waals surface area contributed by atoms with Crippen molar-refractivity contribution >= 4 is 18.0 Å². The average molecular weight is 469 g/mol. The monoisotopic (exact) mass is 468 g/mol. The Labute approximate surface area is 199 Å². The smallest absolute Gasteiger partial charge is 0.407 e. The average Bonchev–Trinajstić information content (AvgIpc) is 3.14. The van der Waals surface area contributed by atoms with Crippen molar-refractivity contribution in [3.63, 3.8) is 0 Å². The van der Waals surface area contributed by atoms with Crippen molar-refractivity contribution in [3.05, 3.63) is 59.7 Å². The van der Waals surface area contributed by atoms with E-state index in [1.165, 1.54) is 0 Å². The number of benzene rings is 2. The van der Waals surface area contributed by atoms with Gasteiger partial charge in [0.1, 0.15) is 6.61 Å². The molecule has 0 heterocycles. The summed E-state index contributed by atoms with van der Waals surface area (Å²) in [5, 5.41) is 23.4. The molecule has 2 aromatic carbocycles. The number of nitrogens with one attached hydrogen (secondary N) is 2. The van der Waals surface area contributed by atoms with Gasteiger partial charge in [0.15, 0.2) is 6.10 Å². The molecule has 0 aromatic heterocycles. The highest BCUT2D eigenvalue weighted by Crippen LogP contribution is 2.44. The molecule has 2 amide bonds. The number of amides is 2. The molecule has 0 saturated carbocycles. The molecule has 1 aliphatic carbocycles. The van der Waals surface area contributed by atoms with Crippen LogP contribution in [0.1, 0.15) is 56.1 Å². The van der Waals surface area contributed by atoms with Crippen molar-refractivity contribution in [1.29, 1.82) is 0 Å². The molecule has 8 heteroatoms. The maximum Gasteiger partial charge on any atom is 0.407 e. The van der Waals surface area contributed by atoms with Crippen LogP contribution in [0.25, 0.3) is 11.1 Å². The largest absolute Gasteiger partial charge is 0.479 e. The number of fused-ring (bicyclic) bond motifs is 3. The van der Waals surface area contributed by atoms with Crippen molar-refractivity contribution in [3.8, 4) is 11.1 Å². The van der Waals surface area contributed by atoms with Crippen LogP contribution in [0.3, 0.4) is 0 Å². The topological polar surface area (TPSA) is 125 Å². The van der Waals surface area contributed by atoms with E-state index in [-0.39, 0.29) is 37.8 Å². The third-order valence-corrected chi connectivity index (χ3v) is 6.03. The van der Waals surface area contributed by atoms with Crippen LogP contribution >= 0.6 is 0 Å². The molecule has 0 aliphatic heterocycles. The van der Waals surface area contributed by atoms with E-state index in [9.17, 15) is 19.5 Å². The molecule has 0 fully saturated rings. The van der Waals surface area contributed by atoms with Crippen molar-refractivity contribution in [2.75, 3.05) is 13.2 Å². The number of carbonyl (C=O) groups excluding carboxylic acids is 2. The molecule has 1 aliphatic rings. The summed E-state index contributed by atoms with van der Waals surface area (Å²) in [4.78, 5) is 35.5. The lowest BCUT2D eigenvalue weighted by atomic mass is 9.98. The van der Waals surface area contributed by atoms with E-state index >= 15 is 0 Å². The number of aliphatic hydroxyl groups is 1. The summed E-state index contributed by atoms with van der Waals surface area (Å²) in [5.41, 5.74) is 4.55. The molecule has 34 heavy (non-hydrogen) atoms. The van der Waals surface area contributed by atoms with Crippen LogP contribution < -0.4 is 10.6 Å². The molecule has 1 unspecified atom stereocenters. The number of aliphatic hydroxyl groups excluding tert-OH is 1. The van der Waals surface area contributed by atoms with Crippen LogP contribution in [-0.4, -0.2) is 53.5 Å². The zero-order valence-corrected chi connectivity index (χ0v) is 19.3. The number of hydrogen-bond acceptors (Lipinski definition) is 5. The number of aliphatic carboxylic acids is 1. The Kier molecular flexibility index (Phi) is 9.04. The number of ether oxygens (including phenoxy) is 1. The first-order valence-corrected chi connectivity index (χ1v) is 11.7. The van der Waals surface area contributed by atoms with Gasteiger partial charge < -0.3 is 25.6 Å². The minimum Gasteiger partial charge on any atom is -0.479 e. The maximum atomic E-state index is 12.6. The SMILES string of the molecule is CCCC[C@H](CC(=O)NCCC(O)C(=O)O)NC(=O)OCC1c2ccccc2-c2ccccc21. The van der Waals surface area contributed by atoms with Crippen LogP contribution in [0.15, 0.2) is 48.5 Å². The number of carboxylic acids is 1. The molecular formula is C26H32N2O6. The van der Waals surface area contributed by atoms with Gasteiger partial charge in [-0.1, -0.05) is 68.3 Å². The van der Waals surface area contributed by atoms with Crippen molar-refractivity contribution in [2.45, 2.75) is 57.1 Å². The van der Waals surface area contributed by atoms with Gasteiger partial charge in [0.25, 0.3) is 0 Å². The first-order valence-electron chi connectivity index (χ1n) is 11.7. The number of carboxylic acid groups (broad SMARTS) is 1.